The summed E-state index contributed by atoms with van der Waals surface area (Å²) in [4.78, 5) is 3.12. The highest BCUT2D eigenvalue weighted by atomic mass is 32.2. The number of hydrogen-bond donors (Lipinski definition) is 0. The third-order valence-corrected chi connectivity index (χ3v) is 6.43. The minimum atomic E-state index is -4.52. The number of methoxy groups -OCH3 is 2. The van der Waals surface area contributed by atoms with Crippen LogP contribution >= 0.6 is 11.5 Å². The summed E-state index contributed by atoms with van der Waals surface area (Å²) in [6.45, 7) is -0.286. The first kappa shape index (κ1) is 20.9. The SMILES string of the molecule is COc1ccc(CN(c2ncns2)S(=O)(=O)c2cc(F)c(F)c(F)c2)c(OC)c1. The molecule has 12 heteroatoms. The molecule has 0 saturated heterocycles. The molecule has 7 nitrogen and oxygen atoms in total. The number of aromatic nitrogens is 2. The van der Waals surface area contributed by atoms with E-state index in [-0.39, 0.29) is 11.7 Å². The van der Waals surface area contributed by atoms with Crippen LogP contribution in [-0.4, -0.2) is 32.0 Å². The lowest BCUT2D eigenvalue weighted by molar-refractivity contribution is 0.391. The van der Waals surface area contributed by atoms with Crippen LogP contribution in [0.15, 0.2) is 41.6 Å². The highest BCUT2D eigenvalue weighted by Gasteiger charge is 2.30. The third-order valence-electron chi connectivity index (χ3n) is 3.92. The summed E-state index contributed by atoms with van der Waals surface area (Å²) < 4.78 is 81.8. The van der Waals surface area contributed by atoms with E-state index in [0.717, 1.165) is 22.2 Å². The highest BCUT2D eigenvalue weighted by Crippen LogP contribution is 2.32. The lowest BCUT2D eigenvalue weighted by Crippen LogP contribution is -2.31. The van der Waals surface area contributed by atoms with Gasteiger partial charge in [0.2, 0.25) is 5.13 Å². The predicted molar refractivity (Wildman–Crippen MR) is 99.1 cm³/mol. The maximum absolute atomic E-state index is 13.6. The smallest absolute Gasteiger partial charge is 0.266 e. The molecule has 1 aromatic heterocycles. The zero-order valence-electron chi connectivity index (χ0n) is 15.1. The van der Waals surface area contributed by atoms with Gasteiger partial charge in [0.1, 0.15) is 17.8 Å². The van der Waals surface area contributed by atoms with Crippen LogP contribution < -0.4 is 13.8 Å². The third kappa shape index (κ3) is 4.12. The molecule has 0 aliphatic heterocycles. The minimum Gasteiger partial charge on any atom is -0.497 e. The molecule has 0 radical (unpaired) electrons. The molecule has 0 saturated carbocycles. The molecule has 2 aromatic carbocycles. The van der Waals surface area contributed by atoms with Crippen LogP contribution in [0.25, 0.3) is 0 Å². The fourth-order valence-corrected chi connectivity index (χ4v) is 4.63. The van der Waals surface area contributed by atoms with Crippen LogP contribution in [0, 0.1) is 17.5 Å². The zero-order valence-corrected chi connectivity index (χ0v) is 16.7. The Labute approximate surface area is 168 Å². The number of benzene rings is 2. The number of hydrogen-bond acceptors (Lipinski definition) is 7. The summed E-state index contributed by atoms with van der Waals surface area (Å²) in [5, 5.41) is -0.0481. The molecule has 0 amide bonds. The number of halogens is 3. The number of anilines is 1. The Morgan fingerprint density at radius 3 is 2.31 bits per heavy atom. The van der Waals surface area contributed by atoms with Crippen molar-refractivity contribution in [2.24, 2.45) is 0 Å². The molecule has 0 aliphatic rings. The van der Waals surface area contributed by atoms with Gasteiger partial charge in [-0.25, -0.2) is 30.9 Å². The van der Waals surface area contributed by atoms with E-state index in [1.165, 1.54) is 14.2 Å². The van der Waals surface area contributed by atoms with Crippen LogP contribution in [0.1, 0.15) is 5.56 Å². The molecule has 29 heavy (non-hydrogen) atoms. The van der Waals surface area contributed by atoms with Gasteiger partial charge < -0.3 is 9.47 Å². The normalized spacial score (nSPS) is 11.3. The van der Waals surface area contributed by atoms with Gasteiger partial charge >= 0.3 is 0 Å². The van der Waals surface area contributed by atoms with Crippen molar-refractivity contribution in [2.45, 2.75) is 11.4 Å². The quantitative estimate of drug-likeness (QED) is 0.519. The predicted octanol–water partition coefficient (Wildman–Crippen LogP) is 3.37. The molecular weight excluding hydrogens is 431 g/mol. The van der Waals surface area contributed by atoms with Crippen LogP contribution in [0.5, 0.6) is 11.5 Å². The van der Waals surface area contributed by atoms with Crippen molar-refractivity contribution in [3.63, 3.8) is 0 Å². The summed E-state index contributed by atoms with van der Waals surface area (Å²) in [6.07, 6.45) is 1.14. The van der Waals surface area contributed by atoms with Crippen LogP contribution in [0.4, 0.5) is 18.3 Å². The Morgan fingerprint density at radius 1 is 1.07 bits per heavy atom. The second-order valence-corrected chi connectivity index (χ2v) is 8.24. The number of ether oxygens (including phenoxy) is 2. The van der Waals surface area contributed by atoms with E-state index in [2.05, 4.69) is 9.36 Å². The maximum Gasteiger partial charge on any atom is 0.266 e. The minimum absolute atomic E-state index is 0.0481. The molecule has 0 N–H and O–H groups in total. The van der Waals surface area contributed by atoms with Crippen LogP contribution in [0.2, 0.25) is 0 Å². The molecule has 154 valence electrons. The topological polar surface area (TPSA) is 81.6 Å². The molecule has 0 spiro atoms. The van der Waals surface area contributed by atoms with Crippen molar-refractivity contribution in [2.75, 3.05) is 18.5 Å². The molecule has 3 aromatic rings. The molecule has 3 rings (SSSR count). The van der Waals surface area contributed by atoms with Crippen molar-refractivity contribution in [3.8, 4) is 11.5 Å². The maximum atomic E-state index is 13.6. The average Bonchev–Trinajstić information content (AvgIpc) is 3.23. The van der Waals surface area contributed by atoms with E-state index in [0.29, 0.717) is 29.2 Å². The molecule has 0 bridgehead atoms. The fraction of sp³-hybridized carbons (Fsp3) is 0.176. The van der Waals surface area contributed by atoms with E-state index in [4.69, 9.17) is 9.47 Å². The summed E-state index contributed by atoms with van der Waals surface area (Å²) in [7, 11) is -1.66. The van der Waals surface area contributed by atoms with E-state index in [1.807, 2.05) is 0 Å². The summed E-state index contributed by atoms with van der Waals surface area (Å²) in [5.74, 6) is -4.20. The first-order valence-corrected chi connectivity index (χ1v) is 10.1. The number of rotatable bonds is 7. The lowest BCUT2D eigenvalue weighted by atomic mass is 10.2. The van der Waals surface area contributed by atoms with Gasteiger partial charge in [0, 0.05) is 23.2 Å². The van der Waals surface area contributed by atoms with Crippen molar-refractivity contribution >= 4 is 26.7 Å². The van der Waals surface area contributed by atoms with E-state index in [1.54, 1.807) is 18.2 Å². The largest absolute Gasteiger partial charge is 0.497 e. The summed E-state index contributed by atoms with van der Waals surface area (Å²) in [6, 6.07) is 5.55. The summed E-state index contributed by atoms with van der Waals surface area (Å²) in [5.41, 5.74) is 0.426. The Kier molecular flexibility index (Phi) is 5.94. The Hall–Kier alpha value is -2.86. The van der Waals surface area contributed by atoms with Crippen LogP contribution in [0.3, 0.4) is 0 Å². The van der Waals surface area contributed by atoms with E-state index >= 15 is 0 Å². The molecule has 0 unspecified atom stereocenters. The zero-order chi connectivity index (χ0) is 21.2. The van der Waals surface area contributed by atoms with Gasteiger partial charge in [-0.05, 0) is 24.3 Å². The van der Waals surface area contributed by atoms with Gasteiger partial charge in [-0.3, -0.25) is 0 Å². The number of nitrogens with zero attached hydrogens (tertiary/aromatic N) is 3. The van der Waals surface area contributed by atoms with E-state index < -0.39 is 32.4 Å². The van der Waals surface area contributed by atoms with Crippen molar-refractivity contribution < 1.29 is 31.1 Å². The van der Waals surface area contributed by atoms with Gasteiger partial charge in [0.05, 0.1) is 25.7 Å². The Morgan fingerprint density at radius 2 is 1.76 bits per heavy atom. The van der Waals surface area contributed by atoms with Gasteiger partial charge in [-0.1, -0.05) is 0 Å². The molecule has 0 atom stereocenters. The van der Waals surface area contributed by atoms with Crippen LogP contribution in [-0.2, 0) is 16.6 Å². The first-order chi connectivity index (χ1) is 13.8. The Balaban J connectivity index is 2.10. The average molecular weight is 445 g/mol. The van der Waals surface area contributed by atoms with Gasteiger partial charge in [0.25, 0.3) is 10.0 Å². The van der Waals surface area contributed by atoms with E-state index in [9.17, 15) is 21.6 Å². The summed E-state index contributed by atoms with van der Waals surface area (Å²) >= 11 is 0.763. The highest BCUT2D eigenvalue weighted by molar-refractivity contribution is 7.93. The molecule has 1 heterocycles. The van der Waals surface area contributed by atoms with Crippen molar-refractivity contribution in [1.29, 1.82) is 0 Å². The molecule has 0 fully saturated rings. The second kappa shape index (κ2) is 8.25. The second-order valence-electron chi connectivity index (χ2n) is 5.61. The standard InChI is InChI=1S/C17H14F3N3O4S2/c1-26-11-4-3-10(15(5-11)27-2)8-23(17-21-9-22-28-17)29(24,25)12-6-13(18)16(20)14(19)7-12/h3-7,9H,8H2,1-2H3. The fourth-order valence-electron chi connectivity index (χ4n) is 2.48. The first-order valence-electron chi connectivity index (χ1n) is 7.92. The van der Waals surface area contributed by atoms with Gasteiger partial charge in [-0.2, -0.15) is 4.37 Å². The number of sulfonamides is 1. The molecular formula is C17H14F3N3O4S2. The monoisotopic (exact) mass is 445 g/mol. The molecule has 0 aliphatic carbocycles. The van der Waals surface area contributed by atoms with Gasteiger partial charge in [-0.15, -0.1) is 0 Å². The lowest BCUT2D eigenvalue weighted by Gasteiger charge is -2.22. The Bertz CT molecular complexity index is 1100. The van der Waals surface area contributed by atoms with Crippen molar-refractivity contribution in [3.05, 3.63) is 59.7 Å². The van der Waals surface area contributed by atoms with Crippen molar-refractivity contribution in [1.82, 2.24) is 9.36 Å². The van der Waals surface area contributed by atoms with Gasteiger partial charge in [0.15, 0.2) is 17.5 Å².